The predicted molar refractivity (Wildman–Crippen MR) is 105 cm³/mol. The normalized spacial score (nSPS) is 10.6. The minimum absolute atomic E-state index is 0.0770. The number of anilines is 1. The number of aryl methyl sites for hydroxylation is 1. The minimum atomic E-state index is -0.0770. The molecule has 0 fully saturated rings. The third-order valence-corrected chi connectivity index (χ3v) is 5.00. The van der Waals surface area contributed by atoms with Crippen LogP contribution in [0.25, 0.3) is 11.3 Å². The van der Waals surface area contributed by atoms with Crippen molar-refractivity contribution < 1.29 is 4.79 Å². The van der Waals surface area contributed by atoms with E-state index in [2.05, 4.69) is 20.3 Å². The van der Waals surface area contributed by atoms with Crippen LogP contribution < -0.4 is 10.2 Å². The van der Waals surface area contributed by atoms with Crippen LogP contribution in [0.4, 0.5) is 5.82 Å². The van der Waals surface area contributed by atoms with E-state index in [0.717, 1.165) is 29.2 Å². The van der Waals surface area contributed by atoms with Crippen LogP contribution in [0.15, 0.2) is 42.2 Å². The van der Waals surface area contributed by atoms with E-state index in [1.807, 2.05) is 55.7 Å². The van der Waals surface area contributed by atoms with Crippen molar-refractivity contribution in [3.63, 3.8) is 0 Å². The summed E-state index contributed by atoms with van der Waals surface area (Å²) in [6, 6.07) is 7.41. The van der Waals surface area contributed by atoms with Gasteiger partial charge in [0.1, 0.15) is 5.82 Å². The third-order valence-electron chi connectivity index (χ3n) is 4.01. The molecule has 6 nitrogen and oxygen atoms in total. The van der Waals surface area contributed by atoms with Gasteiger partial charge in [-0.05, 0) is 19.1 Å². The first-order valence-electron chi connectivity index (χ1n) is 8.31. The molecule has 26 heavy (non-hydrogen) atoms. The van der Waals surface area contributed by atoms with Gasteiger partial charge in [0, 0.05) is 43.1 Å². The van der Waals surface area contributed by atoms with Gasteiger partial charge in [-0.3, -0.25) is 9.78 Å². The van der Waals surface area contributed by atoms with Crippen LogP contribution >= 0.6 is 11.3 Å². The summed E-state index contributed by atoms with van der Waals surface area (Å²) in [6.07, 6.45) is 4.24. The highest BCUT2D eigenvalue weighted by molar-refractivity contribution is 7.09. The molecule has 0 aliphatic heterocycles. The van der Waals surface area contributed by atoms with Crippen molar-refractivity contribution in [2.24, 2.45) is 0 Å². The molecule has 3 rings (SSSR count). The molecular weight excluding hydrogens is 346 g/mol. The fourth-order valence-corrected chi connectivity index (χ4v) is 3.24. The average Bonchev–Trinajstić information content (AvgIpc) is 3.07. The lowest BCUT2D eigenvalue weighted by atomic mass is 10.1. The molecule has 0 saturated heterocycles. The van der Waals surface area contributed by atoms with Crippen molar-refractivity contribution in [1.29, 1.82) is 0 Å². The molecule has 0 aliphatic rings. The van der Waals surface area contributed by atoms with Crippen LogP contribution in [-0.2, 0) is 6.42 Å². The standard InChI is InChI=1S/C19H21N5OS/c1-13-17(26-12-22-13)8-9-21-19(25)15-6-4-14(5-7-15)16-10-20-11-18(23-16)24(2)3/h4-7,10-12H,8-9H2,1-3H3,(H,21,25). The molecule has 1 amide bonds. The minimum Gasteiger partial charge on any atom is -0.361 e. The number of hydrogen-bond acceptors (Lipinski definition) is 6. The molecule has 0 aliphatic carbocycles. The summed E-state index contributed by atoms with van der Waals surface area (Å²) in [5.41, 5.74) is 5.21. The number of thiazole rings is 1. The first-order valence-corrected chi connectivity index (χ1v) is 9.19. The largest absolute Gasteiger partial charge is 0.361 e. The Hall–Kier alpha value is -2.80. The molecule has 1 N–H and O–H groups in total. The van der Waals surface area contributed by atoms with Crippen molar-refractivity contribution in [2.45, 2.75) is 13.3 Å². The van der Waals surface area contributed by atoms with Crippen molar-refractivity contribution in [1.82, 2.24) is 20.3 Å². The maximum Gasteiger partial charge on any atom is 0.251 e. The van der Waals surface area contributed by atoms with E-state index < -0.39 is 0 Å². The number of aromatic nitrogens is 3. The zero-order valence-electron chi connectivity index (χ0n) is 15.1. The first kappa shape index (κ1) is 18.0. The van der Waals surface area contributed by atoms with E-state index >= 15 is 0 Å². The number of rotatable bonds is 6. The molecular formula is C19H21N5OS. The van der Waals surface area contributed by atoms with Gasteiger partial charge in [0.2, 0.25) is 0 Å². The fraction of sp³-hybridized carbons (Fsp3) is 0.263. The molecule has 3 aromatic rings. The monoisotopic (exact) mass is 367 g/mol. The molecule has 0 saturated carbocycles. The van der Waals surface area contributed by atoms with Gasteiger partial charge < -0.3 is 10.2 Å². The summed E-state index contributed by atoms with van der Waals surface area (Å²) >= 11 is 1.62. The summed E-state index contributed by atoms with van der Waals surface area (Å²) in [5, 5.41) is 2.95. The van der Waals surface area contributed by atoms with Gasteiger partial charge in [0.05, 0.1) is 29.3 Å². The molecule has 0 atom stereocenters. The summed E-state index contributed by atoms with van der Waals surface area (Å²) in [4.78, 5) is 28.4. The zero-order valence-corrected chi connectivity index (χ0v) is 15.9. The van der Waals surface area contributed by atoms with E-state index in [9.17, 15) is 4.79 Å². The predicted octanol–water partition coefficient (Wildman–Crippen LogP) is 2.95. The Morgan fingerprint density at radius 2 is 1.96 bits per heavy atom. The Kier molecular flexibility index (Phi) is 5.58. The van der Waals surface area contributed by atoms with Crippen molar-refractivity contribution in [3.05, 3.63) is 58.3 Å². The molecule has 134 valence electrons. The first-order chi connectivity index (χ1) is 12.5. The van der Waals surface area contributed by atoms with Crippen LogP contribution in [0.1, 0.15) is 20.9 Å². The zero-order chi connectivity index (χ0) is 18.5. The Bertz CT molecular complexity index is 889. The van der Waals surface area contributed by atoms with Crippen molar-refractivity contribution in [2.75, 3.05) is 25.5 Å². The van der Waals surface area contributed by atoms with E-state index in [1.54, 1.807) is 23.7 Å². The summed E-state index contributed by atoms with van der Waals surface area (Å²) < 4.78 is 0. The lowest BCUT2D eigenvalue weighted by molar-refractivity contribution is 0.0954. The van der Waals surface area contributed by atoms with Crippen LogP contribution in [0, 0.1) is 6.92 Å². The second kappa shape index (κ2) is 8.05. The number of carbonyl (C=O) groups excluding carboxylic acids is 1. The van der Waals surface area contributed by atoms with Crippen LogP contribution in [0.5, 0.6) is 0 Å². The average molecular weight is 367 g/mol. The molecule has 0 unspecified atom stereocenters. The number of hydrogen-bond donors (Lipinski definition) is 1. The Labute approximate surface area is 157 Å². The number of nitrogens with one attached hydrogen (secondary N) is 1. The van der Waals surface area contributed by atoms with Crippen LogP contribution in [0.3, 0.4) is 0 Å². The third kappa shape index (κ3) is 4.23. The maximum atomic E-state index is 12.3. The van der Waals surface area contributed by atoms with Crippen molar-refractivity contribution >= 4 is 23.1 Å². The molecule has 2 aromatic heterocycles. The van der Waals surface area contributed by atoms with E-state index in [-0.39, 0.29) is 5.91 Å². The quantitative estimate of drug-likeness (QED) is 0.725. The van der Waals surface area contributed by atoms with Gasteiger partial charge in [-0.15, -0.1) is 11.3 Å². The number of carbonyl (C=O) groups is 1. The fourth-order valence-electron chi connectivity index (χ4n) is 2.46. The molecule has 0 radical (unpaired) electrons. The Morgan fingerprint density at radius 1 is 1.19 bits per heavy atom. The topological polar surface area (TPSA) is 71.0 Å². The Balaban J connectivity index is 1.62. The van der Waals surface area contributed by atoms with Gasteiger partial charge in [-0.1, -0.05) is 12.1 Å². The lowest BCUT2D eigenvalue weighted by Crippen LogP contribution is -2.25. The van der Waals surface area contributed by atoms with Gasteiger partial charge in [0.15, 0.2) is 0 Å². The van der Waals surface area contributed by atoms with Gasteiger partial charge in [-0.2, -0.15) is 0 Å². The van der Waals surface area contributed by atoms with E-state index in [0.29, 0.717) is 12.1 Å². The second-order valence-electron chi connectivity index (χ2n) is 6.10. The molecule has 7 heteroatoms. The van der Waals surface area contributed by atoms with Crippen molar-refractivity contribution in [3.8, 4) is 11.3 Å². The molecule has 2 heterocycles. The highest BCUT2D eigenvalue weighted by Crippen LogP contribution is 2.19. The van der Waals surface area contributed by atoms with E-state index in [1.165, 1.54) is 4.88 Å². The number of amides is 1. The van der Waals surface area contributed by atoms with Gasteiger partial charge in [-0.25, -0.2) is 9.97 Å². The van der Waals surface area contributed by atoms with Crippen LogP contribution in [0.2, 0.25) is 0 Å². The lowest BCUT2D eigenvalue weighted by Gasteiger charge is -2.11. The second-order valence-corrected chi connectivity index (χ2v) is 7.04. The smallest absolute Gasteiger partial charge is 0.251 e. The molecule has 1 aromatic carbocycles. The summed E-state index contributed by atoms with van der Waals surface area (Å²) in [5.74, 6) is 0.717. The summed E-state index contributed by atoms with van der Waals surface area (Å²) in [7, 11) is 3.85. The van der Waals surface area contributed by atoms with Gasteiger partial charge in [0.25, 0.3) is 5.91 Å². The SMILES string of the molecule is Cc1ncsc1CCNC(=O)c1ccc(-c2cncc(N(C)C)n2)cc1. The number of benzene rings is 1. The number of nitrogens with zero attached hydrogens (tertiary/aromatic N) is 4. The highest BCUT2D eigenvalue weighted by atomic mass is 32.1. The van der Waals surface area contributed by atoms with Crippen LogP contribution in [-0.4, -0.2) is 41.5 Å². The molecule has 0 bridgehead atoms. The molecule has 0 spiro atoms. The van der Waals surface area contributed by atoms with E-state index in [4.69, 9.17) is 0 Å². The highest BCUT2D eigenvalue weighted by Gasteiger charge is 2.08. The Morgan fingerprint density at radius 3 is 2.62 bits per heavy atom. The summed E-state index contributed by atoms with van der Waals surface area (Å²) in [6.45, 7) is 2.58. The van der Waals surface area contributed by atoms with Gasteiger partial charge >= 0.3 is 0 Å². The maximum absolute atomic E-state index is 12.3.